The molecule has 2 N–H and O–H groups in total. The van der Waals surface area contributed by atoms with Crippen LogP contribution in [-0.4, -0.2) is 32.0 Å². The van der Waals surface area contributed by atoms with Crippen molar-refractivity contribution < 1.29 is 18.7 Å². The van der Waals surface area contributed by atoms with Gasteiger partial charge in [0.15, 0.2) is 5.76 Å². The smallest absolute Gasteiger partial charge is 0.287 e. The largest absolute Gasteiger partial charge is 0.497 e. The Morgan fingerprint density at radius 2 is 1.91 bits per heavy atom. The van der Waals surface area contributed by atoms with Crippen LogP contribution in [0.4, 0.5) is 0 Å². The van der Waals surface area contributed by atoms with Gasteiger partial charge in [-0.1, -0.05) is 0 Å². The first-order valence-corrected chi connectivity index (χ1v) is 7.34. The van der Waals surface area contributed by atoms with Gasteiger partial charge in [0.05, 0.1) is 18.9 Å². The quantitative estimate of drug-likeness (QED) is 0.768. The lowest BCUT2D eigenvalue weighted by Gasteiger charge is -2.09. The third-order valence-electron chi connectivity index (χ3n) is 2.86. The molecule has 0 aliphatic carbocycles. The Labute approximate surface area is 136 Å². The molecule has 0 saturated heterocycles. The molecule has 2 rings (SSSR count). The Morgan fingerprint density at radius 1 is 1.18 bits per heavy atom. The summed E-state index contributed by atoms with van der Waals surface area (Å²) in [6.45, 7) is 0.599. The number of amides is 2. The van der Waals surface area contributed by atoms with Crippen molar-refractivity contribution in [3.63, 3.8) is 0 Å². The minimum absolute atomic E-state index is 0.238. The van der Waals surface area contributed by atoms with Gasteiger partial charge < -0.3 is 19.8 Å². The van der Waals surface area contributed by atoms with Gasteiger partial charge in [-0.15, -0.1) is 0 Å². The molecule has 22 heavy (non-hydrogen) atoms. The first kappa shape index (κ1) is 16.1. The van der Waals surface area contributed by atoms with Crippen LogP contribution < -0.4 is 15.4 Å². The van der Waals surface area contributed by atoms with E-state index in [9.17, 15) is 9.59 Å². The summed E-state index contributed by atoms with van der Waals surface area (Å²) in [5, 5.41) is 5.37. The van der Waals surface area contributed by atoms with Crippen molar-refractivity contribution in [1.29, 1.82) is 0 Å². The number of rotatable bonds is 6. The van der Waals surface area contributed by atoms with E-state index in [4.69, 9.17) is 9.15 Å². The maximum absolute atomic E-state index is 12.1. The van der Waals surface area contributed by atoms with E-state index in [1.807, 2.05) is 0 Å². The van der Waals surface area contributed by atoms with E-state index >= 15 is 0 Å². The number of carbonyl (C=O) groups is 2. The van der Waals surface area contributed by atoms with E-state index in [1.54, 1.807) is 30.3 Å². The van der Waals surface area contributed by atoms with Crippen LogP contribution in [0.1, 0.15) is 20.9 Å². The van der Waals surface area contributed by atoms with E-state index in [0.717, 1.165) is 0 Å². The minimum atomic E-state index is -0.318. The predicted molar refractivity (Wildman–Crippen MR) is 84.1 cm³/mol. The Kier molecular flexibility index (Phi) is 5.60. The number of benzene rings is 1. The summed E-state index contributed by atoms with van der Waals surface area (Å²) in [6, 6.07) is 8.34. The lowest BCUT2D eigenvalue weighted by atomic mass is 10.2. The fraction of sp³-hybridized carbons (Fsp3) is 0.200. The molecular weight excluding hydrogens is 352 g/mol. The summed E-state index contributed by atoms with van der Waals surface area (Å²) in [5.74, 6) is 0.265. The van der Waals surface area contributed by atoms with Gasteiger partial charge in [-0.2, -0.15) is 0 Å². The van der Waals surface area contributed by atoms with Crippen LogP contribution in [0.2, 0.25) is 0 Å². The van der Waals surface area contributed by atoms with Crippen molar-refractivity contribution in [3.8, 4) is 5.75 Å². The molecule has 2 amide bonds. The van der Waals surface area contributed by atoms with Crippen LogP contribution in [0, 0.1) is 0 Å². The van der Waals surface area contributed by atoms with E-state index in [0.29, 0.717) is 28.9 Å². The Bertz CT molecular complexity index is 656. The molecule has 116 valence electrons. The molecule has 2 aromatic rings. The Morgan fingerprint density at radius 3 is 2.55 bits per heavy atom. The molecule has 0 fully saturated rings. The second-order valence-electron chi connectivity index (χ2n) is 4.33. The summed E-state index contributed by atoms with van der Waals surface area (Å²) in [4.78, 5) is 23.7. The predicted octanol–water partition coefficient (Wildman–Crippen LogP) is 2.21. The molecule has 0 spiro atoms. The Balaban J connectivity index is 1.82. The van der Waals surface area contributed by atoms with Gasteiger partial charge >= 0.3 is 0 Å². The number of carbonyl (C=O) groups excluding carboxylic acids is 2. The van der Waals surface area contributed by atoms with E-state index in [1.165, 1.54) is 13.4 Å². The van der Waals surface area contributed by atoms with E-state index in [2.05, 4.69) is 26.6 Å². The average molecular weight is 367 g/mol. The lowest BCUT2D eigenvalue weighted by Crippen LogP contribution is -2.34. The molecule has 1 heterocycles. The van der Waals surface area contributed by atoms with Crippen LogP contribution in [-0.2, 0) is 0 Å². The van der Waals surface area contributed by atoms with Gasteiger partial charge in [0.25, 0.3) is 11.8 Å². The van der Waals surface area contributed by atoms with Crippen molar-refractivity contribution in [2.24, 2.45) is 0 Å². The zero-order valence-corrected chi connectivity index (χ0v) is 13.5. The zero-order valence-electron chi connectivity index (χ0n) is 11.9. The molecule has 0 aliphatic rings. The summed E-state index contributed by atoms with van der Waals surface area (Å²) >= 11 is 3.32. The van der Waals surface area contributed by atoms with E-state index in [-0.39, 0.29) is 17.6 Å². The SMILES string of the molecule is COc1ccc(Br)c(C(=O)NCCNC(=O)c2ccco2)c1. The first-order valence-electron chi connectivity index (χ1n) is 6.55. The fourth-order valence-electron chi connectivity index (χ4n) is 1.75. The second kappa shape index (κ2) is 7.65. The van der Waals surface area contributed by atoms with Gasteiger partial charge in [-0.05, 0) is 46.3 Å². The highest BCUT2D eigenvalue weighted by Crippen LogP contribution is 2.22. The zero-order chi connectivity index (χ0) is 15.9. The molecule has 0 aliphatic heterocycles. The molecular formula is C15H15BrN2O4. The average Bonchev–Trinajstić information content (AvgIpc) is 3.06. The summed E-state index contributed by atoms with van der Waals surface area (Å²) < 4.78 is 10.7. The maximum Gasteiger partial charge on any atom is 0.287 e. The molecule has 0 atom stereocenters. The summed E-state index contributed by atoms with van der Waals surface area (Å²) in [7, 11) is 1.54. The van der Waals surface area contributed by atoms with Gasteiger partial charge in [-0.25, -0.2) is 0 Å². The van der Waals surface area contributed by atoms with Crippen molar-refractivity contribution >= 4 is 27.7 Å². The fourth-order valence-corrected chi connectivity index (χ4v) is 2.17. The monoisotopic (exact) mass is 366 g/mol. The van der Waals surface area contributed by atoms with Gasteiger partial charge in [-0.3, -0.25) is 9.59 Å². The normalized spacial score (nSPS) is 10.1. The summed E-state index contributed by atoms with van der Waals surface area (Å²) in [6.07, 6.45) is 1.43. The minimum Gasteiger partial charge on any atom is -0.497 e. The van der Waals surface area contributed by atoms with Crippen LogP contribution in [0.5, 0.6) is 5.75 Å². The van der Waals surface area contributed by atoms with Crippen LogP contribution in [0.3, 0.4) is 0 Å². The second-order valence-corrected chi connectivity index (χ2v) is 5.19. The van der Waals surface area contributed by atoms with Crippen LogP contribution >= 0.6 is 15.9 Å². The number of ether oxygens (including phenoxy) is 1. The topological polar surface area (TPSA) is 80.6 Å². The molecule has 0 saturated carbocycles. The van der Waals surface area contributed by atoms with Crippen molar-refractivity contribution in [3.05, 3.63) is 52.4 Å². The highest BCUT2D eigenvalue weighted by Gasteiger charge is 2.11. The number of hydrogen-bond donors (Lipinski definition) is 2. The van der Waals surface area contributed by atoms with Gasteiger partial charge in [0, 0.05) is 17.6 Å². The van der Waals surface area contributed by atoms with Crippen LogP contribution in [0.15, 0.2) is 45.5 Å². The lowest BCUT2D eigenvalue weighted by molar-refractivity contribution is 0.0910. The summed E-state index contributed by atoms with van der Waals surface area (Å²) in [5.41, 5.74) is 0.469. The standard InChI is InChI=1S/C15H15BrN2O4/c1-21-10-4-5-12(16)11(9-10)14(19)17-6-7-18-15(20)13-3-2-8-22-13/h2-5,8-9H,6-7H2,1H3,(H,17,19)(H,18,20). The molecule has 7 heteroatoms. The molecule has 1 aromatic heterocycles. The van der Waals surface area contributed by atoms with Crippen LogP contribution in [0.25, 0.3) is 0 Å². The van der Waals surface area contributed by atoms with Crippen molar-refractivity contribution in [2.75, 3.05) is 20.2 Å². The first-order chi connectivity index (χ1) is 10.6. The molecule has 6 nitrogen and oxygen atoms in total. The molecule has 0 bridgehead atoms. The molecule has 0 unspecified atom stereocenters. The van der Waals surface area contributed by atoms with E-state index < -0.39 is 0 Å². The number of halogens is 1. The van der Waals surface area contributed by atoms with Gasteiger partial charge in [0.2, 0.25) is 0 Å². The maximum atomic E-state index is 12.1. The van der Waals surface area contributed by atoms with Crippen molar-refractivity contribution in [2.45, 2.75) is 0 Å². The highest BCUT2D eigenvalue weighted by molar-refractivity contribution is 9.10. The number of furan rings is 1. The van der Waals surface area contributed by atoms with Crippen molar-refractivity contribution in [1.82, 2.24) is 10.6 Å². The molecule has 0 radical (unpaired) electrons. The highest BCUT2D eigenvalue weighted by atomic mass is 79.9. The third-order valence-corrected chi connectivity index (χ3v) is 3.55. The Hall–Kier alpha value is -2.28. The number of hydrogen-bond acceptors (Lipinski definition) is 4. The van der Waals surface area contributed by atoms with Gasteiger partial charge in [0.1, 0.15) is 5.75 Å². The molecule has 1 aromatic carbocycles. The number of methoxy groups -OCH3 is 1. The number of nitrogens with one attached hydrogen (secondary N) is 2. The third kappa shape index (κ3) is 4.11.